The summed E-state index contributed by atoms with van der Waals surface area (Å²) < 4.78 is 0. The second-order valence-corrected chi connectivity index (χ2v) is 3.42. The molecule has 0 bridgehead atoms. The molecule has 0 fully saturated rings. The lowest BCUT2D eigenvalue weighted by molar-refractivity contribution is -0.132. The zero-order valence-electron chi connectivity index (χ0n) is 8.66. The van der Waals surface area contributed by atoms with Crippen molar-refractivity contribution in [1.29, 1.82) is 0 Å². The molecule has 1 aromatic carbocycles. The van der Waals surface area contributed by atoms with Crippen LogP contribution < -0.4 is 0 Å². The average molecular weight is 190 g/mol. The summed E-state index contributed by atoms with van der Waals surface area (Å²) in [5.74, 6) is -0.858. The lowest BCUT2D eigenvalue weighted by atomic mass is 10.0. The zero-order chi connectivity index (χ0) is 10.7. The molecule has 74 valence electrons. The Morgan fingerprint density at radius 3 is 2.07 bits per heavy atom. The monoisotopic (exact) mass is 190 g/mol. The fraction of sp³-hybridized carbons (Fsp3) is 0.250. The summed E-state index contributed by atoms with van der Waals surface area (Å²) in [5.41, 5.74) is 3.36. The van der Waals surface area contributed by atoms with Gasteiger partial charge in [0.1, 0.15) is 0 Å². The predicted molar refractivity (Wildman–Crippen MR) is 57.1 cm³/mol. The summed E-state index contributed by atoms with van der Waals surface area (Å²) in [6.07, 6.45) is 0. The van der Waals surface area contributed by atoms with Crippen molar-refractivity contribution < 1.29 is 9.90 Å². The molecule has 0 saturated heterocycles. The van der Waals surface area contributed by atoms with Gasteiger partial charge in [-0.3, -0.25) is 0 Å². The van der Waals surface area contributed by atoms with E-state index in [1.807, 2.05) is 38.1 Å². The SMILES string of the molecule is CC(C(=O)O)=C(C)c1ccc(C)cc1. The van der Waals surface area contributed by atoms with Crippen molar-refractivity contribution in [3.8, 4) is 0 Å². The maximum atomic E-state index is 10.7. The molecule has 1 N–H and O–H groups in total. The van der Waals surface area contributed by atoms with Gasteiger partial charge in [0, 0.05) is 5.57 Å². The van der Waals surface area contributed by atoms with Crippen LogP contribution in [0.5, 0.6) is 0 Å². The van der Waals surface area contributed by atoms with Gasteiger partial charge >= 0.3 is 5.97 Å². The first-order chi connectivity index (χ1) is 6.52. The number of hydrogen-bond acceptors (Lipinski definition) is 1. The lowest BCUT2D eigenvalue weighted by Crippen LogP contribution is -1.99. The second-order valence-electron chi connectivity index (χ2n) is 3.42. The molecule has 1 aromatic rings. The van der Waals surface area contributed by atoms with Crippen LogP contribution in [0.25, 0.3) is 5.57 Å². The molecule has 14 heavy (non-hydrogen) atoms. The number of allylic oxidation sites excluding steroid dienone is 1. The number of carbonyl (C=O) groups is 1. The molecular formula is C12H14O2. The van der Waals surface area contributed by atoms with Crippen molar-refractivity contribution in [2.24, 2.45) is 0 Å². The van der Waals surface area contributed by atoms with Crippen LogP contribution in [-0.4, -0.2) is 11.1 Å². The number of aryl methyl sites for hydroxylation is 1. The van der Waals surface area contributed by atoms with Crippen LogP contribution in [0.2, 0.25) is 0 Å². The fourth-order valence-electron chi connectivity index (χ4n) is 1.18. The second kappa shape index (κ2) is 4.09. The number of hydrogen-bond donors (Lipinski definition) is 1. The molecule has 0 atom stereocenters. The van der Waals surface area contributed by atoms with Crippen molar-refractivity contribution in [2.45, 2.75) is 20.8 Å². The lowest BCUT2D eigenvalue weighted by Gasteiger charge is -2.04. The number of carboxylic acids is 1. The molecule has 2 nitrogen and oxygen atoms in total. The molecule has 0 amide bonds. The van der Waals surface area contributed by atoms with Gasteiger partial charge < -0.3 is 5.11 Å². The summed E-state index contributed by atoms with van der Waals surface area (Å²) >= 11 is 0. The van der Waals surface area contributed by atoms with E-state index in [4.69, 9.17) is 5.11 Å². The average Bonchev–Trinajstić information content (AvgIpc) is 2.16. The van der Waals surface area contributed by atoms with Crippen molar-refractivity contribution in [2.75, 3.05) is 0 Å². The molecule has 1 rings (SSSR count). The largest absolute Gasteiger partial charge is 0.478 e. The number of benzene rings is 1. The summed E-state index contributed by atoms with van der Waals surface area (Å²) in [6, 6.07) is 7.84. The molecule has 0 spiro atoms. The van der Waals surface area contributed by atoms with E-state index in [-0.39, 0.29) is 0 Å². The van der Waals surface area contributed by atoms with E-state index in [9.17, 15) is 4.79 Å². The maximum Gasteiger partial charge on any atom is 0.331 e. The Morgan fingerprint density at radius 1 is 1.14 bits per heavy atom. The van der Waals surface area contributed by atoms with Crippen molar-refractivity contribution >= 4 is 11.5 Å². The Labute approximate surface area is 83.9 Å². The van der Waals surface area contributed by atoms with Crippen LogP contribution in [0.3, 0.4) is 0 Å². The van der Waals surface area contributed by atoms with Crippen molar-refractivity contribution in [1.82, 2.24) is 0 Å². The van der Waals surface area contributed by atoms with Gasteiger partial charge in [-0.25, -0.2) is 4.79 Å². The highest BCUT2D eigenvalue weighted by Gasteiger charge is 2.06. The van der Waals surface area contributed by atoms with Gasteiger partial charge in [0.25, 0.3) is 0 Å². The van der Waals surface area contributed by atoms with E-state index in [2.05, 4.69) is 0 Å². The normalized spacial score (nSPS) is 12.2. The Kier molecular flexibility index (Phi) is 3.07. The first-order valence-corrected chi connectivity index (χ1v) is 4.50. The van der Waals surface area contributed by atoms with Gasteiger partial charge in [-0.05, 0) is 31.9 Å². The summed E-state index contributed by atoms with van der Waals surface area (Å²) in [7, 11) is 0. The first-order valence-electron chi connectivity index (χ1n) is 4.50. The number of aliphatic carboxylic acids is 1. The Morgan fingerprint density at radius 2 is 1.64 bits per heavy atom. The highest BCUT2D eigenvalue weighted by molar-refractivity contribution is 5.95. The van der Waals surface area contributed by atoms with E-state index < -0.39 is 5.97 Å². The molecule has 0 aliphatic heterocycles. The van der Waals surface area contributed by atoms with E-state index in [1.54, 1.807) is 6.92 Å². The van der Waals surface area contributed by atoms with Crippen LogP contribution in [0.1, 0.15) is 25.0 Å². The third-order valence-corrected chi connectivity index (χ3v) is 2.37. The molecule has 0 unspecified atom stereocenters. The highest BCUT2D eigenvalue weighted by Crippen LogP contribution is 2.18. The van der Waals surface area contributed by atoms with Gasteiger partial charge in [-0.15, -0.1) is 0 Å². The molecule has 2 heteroatoms. The first kappa shape index (κ1) is 10.5. The minimum atomic E-state index is -0.858. The minimum absolute atomic E-state index is 0.397. The molecule has 0 aliphatic rings. The predicted octanol–water partition coefficient (Wildman–Crippen LogP) is 2.87. The van der Waals surface area contributed by atoms with Crippen LogP contribution in [0.4, 0.5) is 0 Å². The van der Waals surface area contributed by atoms with Gasteiger partial charge in [0.2, 0.25) is 0 Å². The number of rotatable bonds is 2. The number of carboxylic acid groups (broad SMARTS) is 1. The standard InChI is InChI=1S/C12H14O2/c1-8-4-6-11(7-5-8)9(2)10(3)12(13)14/h4-7H,1-3H3,(H,13,14). The summed E-state index contributed by atoms with van der Waals surface area (Å²) in [5, 5.41) is 8.81. The van der Waals surface area contributed by atoms with Crippen LogP contribution >= 0.6 is 0 Å². The van der Waals surface area contributed by atoms with E-state index >= 15 is 0 Å². The minimum Gasteiger partial charge on any atom is -0.478 e. The third-order valence-electron chi connectivity index (χ3n) is 2.37. The fourth-order valence-corrected chi connectivity index (χ4v) is 1.18. The van der Waals surface area contributed by atoms with E-state index in [1.165, 1.54) is 5.56 Å². The van der Waals surface area contributed by atoms with E-state index in [0.29, 0.717) is 5.57 Å². The summed E-state index contributed by atoms with van der Waals surface area (Å²) in [4.78, 5) is 10.7. The Bertz CT molecular complexity index is 372. The molecule has 0 saturated carbocycles. The van der Waals surface area contributed by atoms with Crippen LogP contribution in [0.15, 0.2) is 29.8 Å². The van der Waals surface area contributed by atoms with Gasteiger partial charge in [-0.1, -0.05) is 29.8 Å². The third kappa shape index (κ3) is 2.22. The highest BCUT2D eigenvalue weighted by atomic mass is 16.4. The molecular weight excluding hydrogens is 176 g/mol. The smallest absolute Gasteiger partial charge is 0.331 e. The topological polar surface area (TPSA) is 37.3 Å². The van der Waals surface area contributed by atoms with Gasteiger partial charge in [0.05, 0.1) is 0 Å². The van der Waals surface area contributed by atoms with Crippen LogP contribution in [-0.2, 0) is 4.79 Å². The quantitative estimate of drug-likeness (QED) is 0.728. The van der Waals surface area contributed by atoms with Gasteiger partial charge in [-0.2, -0.15) is 0 Å². The van der Waals surface area contributed by atoms with Crippen LogP contribution in [0, 0.1) is 6.92 Å². The molecule has 0 radical (unpaired) electrons. The maximum absolute atomic E-state index is 10.7. The van der Waals surface area contributed by atoms with Gasteiger partial charge in [0.15, 0.2) is 0 Å². The van der Waals surface area contributed by atoms with Crippen molar-refractivity contribution in [3.05, 3.63) is 41.0 Å². The van der Waals surface area contributed by atoms with Crippen molar-refractivity contribution in [3.63, 3.8) is 0 Å². The van der Waals surface area contributed by atoms with E-state index in [0.717, 1.165) is 11.1 Å². The summed E-state index contributed by atoms with van der Waals surface area (Å²) in [6.45, 7) is 5.46. The zero-order valence-corrected chi connectivity index (χ0v) is 8.66. The Balaban J connectivity index is 3.12. The molecule has 0 aliphatic carbocycles. The molecule has 0 aromatic heterocycles. The Hall–Kier alpha value is -1.57. The molecule has 0 heterocycles.